The van der Waals surface area contributed by atoms with Crippen molar-refractivity contribution in [2.45, 2.75) is 0 Å². The van der Waals surface area contributed by atoms with Crippen LogP contribution < -0.4 is 10.6 Å². The van der Waals surface area contributed by atoms with Crippen molar-refractivity contribution in [3.8, 4) is 17.0 Å². The maximum Gasteiger partial charge on any atom is 0.133 e. The number of nitrogens with zero attached hydrogens (tertiary/aromatic N) is 2. The number of anilines is 3. The lowest BCUT2D eigenvalue weighted by Gasteiger charge is -2.19. The molecule has 0 atom stereocenters. The van der Waals surface area contributed by atoms with Crippen LogP contribution in [-0.4, -0.2) is 17.1 Å². The second-order valence-electron chi connectivity index (χ2n) is 5.08. The van der Waals surface area contributed by atoms with Gasteiger partial charge in [0.2, 0.25) is 0 Å². The van der Waals surface area contributed by atoms with Gasteiger partial charge in [-0.1, -0.05) is 18.2 Å². The number of rotatable bonds is 3. The predicted octanol–water partition coefficient (Wildman–Crippen LogP) is 3.80. The third-order valence-corrected chi connectivity index (χ3v) is 3.50. The molecule has 4 heteroatoms. The van der Waals surface area contributed by atoms with Crippen LogP contribution in [0.3, 0.4) is 0 Å². The van der Waals surface area contributed by atoms with Crippen LogP contribution in [0.2, 0.25) is 0 Å². The van der Waals surface area contributed by atoms with Crippen LogP contribution in [0.4, 0.5) is 17.2 Å². The fourth-order valence-corrected chi connectivity index (χ4v) is 2.28. The van der Waals surface area contributed by atoms with Crippen molar-refractivity contribution < 1.29 is 5.11 Å². The van der Waals surface area contributed by atoms with E-state index >= 15 is 0 Å². The lowest BCUT2D eigenvalue weighted by atomic mass is 10.1. The normalized spacial score (nSPS) is 10.4. The van der Waals surface area contributed by atoms with Gasteiger partial charge in [-0.3, -0.25) is 0 Å². The van der Waals surface area contributed by atoms with Crippen molar-refractivity contribution >= 4 is 17.2 Å². The summed E-state index contributed by atoms with van der Waals surface area (Å²) in [5, 5.41) is 9.38. The van der Waals surface area contributed by atoms with Gasteiger partial charge in [0.25, 0.3) is 0 Å². The van der Waals surface area contributed by atoms with Crippen molar-refractivity contribution in [2.24, 2.45) is 0 Å². The van der Waals surface area contributed by atoms with Gasteiger partial charge >= 0.3 is 0 Å². The third kappa shape index (κ3) is 2.86. The monoisotopic (exact) mass is 291 g/mol. The highest BCUT2D eigenvalue weighted by atomic mass is 16.3. The summed E-state index contributed by atoms with van der Waals surface area (Å²) in [6.07, 6.45) is 0. The van der Waals surface area contributed by atoms with Gasteiger partial charge in [-0.15, -0.1) is 0 Å². The van der Waals surface area contributed by atoms with Crippen molar-refractivity contribution in [3.05, 3.63) is 66.7 Å². The molecule has 0 aliphatic rings. The first-order valence-electron chi connectivity index (χ1n) is 6.99. The number of hydrogen-bond acceptors (Lipinski definition) is 4. The molecule has 1 aromatic heterocycles. The zero-order valence-corrected chi connectivity index (χ0v) is 12.3. The predicted molar refractivity (Wildman–Crippen MR) is 90.3 cm³/mol. The summed E-state index contributed by atoms with van der Waals surface area (Å²) in [4.78, 5) is 6.66. The summed E-state index contributed by atoms with van der Waals surface area (Å²) >= 11 is 0. The van der Waals surface area contributed by atoms with Crippen LogP contribution in [0.25, 0.3) is 11.3 Å². The molecule has 0 aliphatic heterocycles. The number of phenolic OH excluding ortho intramolecular Hbond substituents is 1. The number of pyridine rings is 1. The number of hydrogen-bond donors (Lipinski definition) is 2. The number of aromatic hydroxyl groups is 1. The first-order valence-corrected chi connectivity index (χ1v) is 6.99. The average molecular weight is 291 g/mol. The Balaban J connectivity index is 1.95. The fraction of sp³-hybridized carbons (Fsp3) is 0.0556. The van der Waals surface area contributed by atoms with E-state index in [1.54, 1.807) is 12.1 Å². The molecule has 0 saturated heterocycles. The molecule has 0 fully saturated rings. The molecule has 0 unspecified atom stereocenters. The summed E-state index contributed by atoms with van der Waals surface area (Å²) in [6, 6.07) is 20.6. The minimum atomic E-state index is 0.249. The summed E-state index contributed by atoms with van der Waals surface area (Å²) in [5.74, 6) is 1.07. The minimum Gasteiger partial charge on any atom is -0.508 e. The molecule has 0 aliphatic carbocycles. The quantitative estimate of drug-likeness (QED) is 0.720. The average Bonchev–Trinajstić information content (AvgIpc) is 2.55. The second kappa shape index (κ2) is 5.77. The SMILES string of the molecule is CN(c1ccc(O)cc1)c1cccc(-c2cccc(N)c2)n1. The summed E-state index contributed by atoms with van der Waals surface area (Å²) < 4.78 is 0. The summed E-state index contributed by atoms with van der Waals surface area (Å²) in [5.41, 5.74) is 9.37. The number of phenols is 1. The molecule has 0 saturated carbocycles. The van der Waals surface area contributed by atoms with Crippen molar-refractivity contribution in [1.29, 1.82) is 0 Å². The van der Waals surface area contributed by atoms with Gasteiger partial charge in [0.15, 0.2) is 0 Å². The first kappa shape index (κ1) is 13.9. The van der Waals surface area contributed by atoms with E-state index in [1.807, 2.05) is 66.5 Å². The number of nitrogens with two attached hydrogens (primary N) is 1. The molecule has 2 aromatic carbocycles. The maximum atomic E-state index is 9.38. The molecule has 1 heterocycles. The zero-order valence-electron chi connectivity index (χ0n) is 12.3. The van der Waals surface area contributed by atoms with Crippen LogP contribution in [0.15, 0.2) is 66.7 Å². The Morgan fingerprint density at radius 3 is 2.41 bits per heavy atom. The van der Waals surface area contributed by atoms with Crippen LogP contribution in [0.5, 0.6) is 5.75 Å². The number of aromatic nitrogens is 1. The molecular formula is C18H17N3O. The molecule has 0 bridgehead atoms. The molecule has 0 radical (unpaired) electrons. The zero-order chi connectivity index (χ0) is 15.5. The Bertz CT molecular complexity index is 784. The maximum absolute atomic E-state index is 9.38. The Morgan fingerprint density at radius 1 is 0.955 bits per heavy atom. The van der Waals surface area contributed by atoms with Crippen LogP contribution in [-0.2, 0) is 0 Å². The first-order chi connectivity index (χ1) is 10.6. The molecular weight excluding hydrogens is 274 g/mol. The van der Waals surface area contributed by atoms with E-state index in [0.717, 1.165) is 28.5 Å². The topological polar surface area (TPSA) is 62.4 Å². The standard InChI is InChI=1S/C18H17N3O/c1-21(15-8-10-16(22)11-9-15)18-7-3-6-17(20-18)13-4-2-5-14(19)12-13/h2-12,22H,19H2,1H3. The van der Waals surface area contributed by atoms with Crippen molar-refractivity contribution in [3.63, 3.8) is 0 Å². The highest BCUT2D eigenvalue weighted by Gasteiger charge is 2.07. The highest BCUT2D eigenvalue weighted by Crippen LogP contribution is 2.26. The van der Waals surface area contributed by atoms with E-state index in [9.17, 15) is 5.11 Å². The van der Waals surface area contributed by atoms with E-state index < -0.39 is 0 Å². The Labute approximate surface area is 129 Å². The van der Waals surface area contributed by atoms with Gasteiger partial charge in [-0.05, 0) is 48.5 Å². The lowest BCUT2D eigenvalue weighted by molar-refractivity contribution is 0.475. The van der Waals surface area contributed by atoms with E-state index in [-0.39, 0.29) is 5.75 Å². The fourth-order valence-electron chi connectivity index (χ4n) is 2.28. The molecule has 3 aromatic rings. The van der Waals surface area contributed by atoms with Crippen LogP contribution in [0, 0.1) is 0 Å². The van der Waals surface area contributed by atoms with E-state index in [2.05, 4.69) is 0 Å². The molecule has 110 valence electrons. The van der Waals surface area contributed by atoms with Crippen molar-refractivity contribution in [2.75, 3.05) is 17.7 Å². The highest BCUT2D eigenvalue weighted by molar-refractivity contribution is 5.67. The van der Waals surface area contributed by atoms with Crippen molar-refractivity contribution in [1.82, 2.24) is 4.98 Å². The number of benzene rings is 2. The van der Waals surface area contributed by atoms with Gasteiger partial charge < -0.3 is 15.7 Å². The minimum absolute atomic E-state index is 0.249. The van der Waals surface area contributed by atoms with Gasteiger partial charge in [-0.25, -0.2) is 4.98 Å². The Kier molecular flexibility index (Phi) is 3.66. The molecule has 22 heavy (non-hydrogen) atoms. The second-order valence-corrected chi connectivity index (χ2v) is 5.08. The largest absolute Gasteiger partial charge is 0.508 e. The molecule has 3 N–H and O–H groups in total. The smallest absolute Gasteiger partial charge is 0.133 e. The Morgan fingerprint density at radius 2 is 1.68 bits per heavy atom. The molecule has 0 spiro atoms. The lowest BCUT2D eigenvalue weighted by Crippen LogP contribution is -2.11. The van der Waals surface area contributed by atoms with Crippen LogP contribution >= 0.6 is 0 Å². The third-order valence-electron chi connectivity index (χ3n) is 3.50. The van der Waals surface area contributed by atoms with Gasteiger partial charge in [0.1, 0.15) is 11.6 Å². The van der Waals surface area contributed by atoms with Gasteiger partial charge in [0, 0.05) is 24.0 Å². The summed E-state index contributed by atoms with van der Waals surface area (Å²) in [7, 11) is 1.94. The number of nitrogen functional groups attached to an aromatic ring is 1. The van der Waals surface area contributed by atoms with Gasteiger partial charge in [-0.2, -0.15) is 0 Å². The van der Waals surface area contributed by atoms with E-state index in [1.165, 1.54) is 0 Å². The molecule has 3 rings (SSSR count). The Hall–Kier alpha value is -3.01. The van der Waals surface area contributed by atoms with E-state index in [0.29, 0.717) is 0 Å². The van der Waals surface area contributed by atoms with Gasteiger partial charge in [0.05, 0.1) is 5.69 Å². The molecule has 0 amide bonds. The van der Waals surface area contributed by atoms with E-state index in [4.69, 9.17) is 10.7 Å². The summed E-state index contributed by atoms with van der Waals surface area (Å²) in [6.45, 7) is 0. The molecule has 4 nitrogen and oxygen atoms in total. The van der Waals surface area contributed by atoms with Crippen LogP contribution in [0.1, 0.15) is 0 Å².